The number of hydrogen-bond acceptors (Lipinski definition) is 4. The van der Waals surface area contributed by atoms with E-state index < -0.39 is 0 Å². The van der Waals surface area contributed by atoms with Crippen molar-refractivity contribution in [1.82, 2.24) is 19.8 Å². The van der Waals surface area contributed by atoms with Crippen molar-refractivity contribution in [3.8, 4) is 0 Å². The Bertz CT molecular complexity index is 780. The van der Waals surface area contributed by atoms with Gasteiger partial charge in [-0.15, -0.1) is 0 Å². The standard InChI is InChI=1S/C19H24N4O2/c1-14-12-17(24)21-19(20-14)15(2)22-8-10-23(11-9-22)18(25)13-16-6-4-3-5-7-16/h3-7,12,15H,8-11,13H2,1-2H3,(H,20,21,24). The zero-order valence-electron chi connectivity index (χ0n) is 14.7. The van der Waals surface area contributed by atoms with Crippen LogP contribution in [0.4, 0.5) is 0 Å². The van der Waals surface area contributed by atoms with Crippen molar-refractivity contribution < 1.29 is 4.79 Å². The maximum Gasteiger partial charge on any atom is 0.251 e. The van der Waals surface area contributed by atoms with E-state index in [1.54, 1.807) is 0 Å². The molecule has 1 aliphatic rings. The lowest BCUT2D eigenvalue weighted by molar-refractivity contribution is -0.132. The van der Waals surface area contributed by atoms with E-state index in [-0.39, 0.29) is 17.5 Å². The fraction of sp³-hybridized carbons (Fsp3) is 0.421. The summed E-state index contributed by atoms with van der Waals surface area (Å²) in [6, 6.07) is 11.4. The summed E-state index contributed by atoms with van der Waals surface area (Å²) in [4.78, 5) is 35.5. The minimum absolute atomic E-state index is 0.0268. The monoisotopic (exact) mass is 340 g/mol. The van der Waals surface area contributed by atoms with E-state index in [1.165, 1.54) is 6.07 Å². The Hall–Kier alpha value is -2.47. The molecule has 132 valence electrons. The van der Waals surface area contributed by atoms with Crippen molar-refractivity contribution in [2.45, 2.75) is 26.3 Å². The van der Waals surface area contributed by atoms with Gasteiger partial charge in [-0.05, 0) is 19.4 Å². The van der Waals surface area contributed by atoms with Gasteiger partial charge in [0.2, 0.25) is 5.91 Å². The van der Waals surface area contributed by atoms with Gasteiger partial charge in [0.1, 0.15) is 5.82 Å². The number of nitrogens with zero attached hydrogens (tertiary/aromatic N) is 3. The normalized spacial score (nSPS) is 16.6. The number of aromatic nitrogens is 2. The molecule has 6 heteroatoms. The van der Waals surface area contributed by atoms with Crippen LogP contribution in [0.3, 0.4) is 0 Å². The topological polar surface area (TPSA) is 69.3 Å². The highest BCUT2D eigenvalue weighted by atomic mass is 16.2. The van der Waals surface area contributed by atoms with Gasteiger partial charge in [-0.1, -0.05) is 30.3 Å². The third kappa shape index (κ3) is 4.33. The summed E-state index contributed by atoms with van der Waals surface area (Å²) in [5.74, 6) is 0.856. The maximum atomic E-state index is 12.5. The van der Waals surface area contributed by atoms with Gasteiger partial charge in [-0.3, -0.25) is 14.5 Å². The highest BCUT2D eigenvalue weighted by Crippen LogP contribution is 2.18. The molecule has 1 fully saturated rings. The van der Waals surface area contributed by atoms with Crippen LogP contribution in [0.1, 0.15) is 30.0 Å². The molecule has 2 aromatic rings. The molecule has 3 rings (SSSR count). The molecule has 1 aliphatic heterocycles. The van der Waals surface area contributed by atoms with Crippen molar-refractivity contribution in [2.75, 3.05) is 26.2 Å². The molecular formula is C19H24N4O2. The molecule has 1 N–H and O–H groups in total. The molecule has 1 saturated heterocycles. The minimum Gasteiger partial charge on any atom is -0.340 e. The number of aromatic amines is 1. The van der Waals surface area contributed by atoms with Crippen LogP contribution in [0.25, 0.3) is 0 Å². The third-order valence-electron chi connectivity index (χ3n) is 4.70. The number of aryl methyl sites for hydroxylation is 1. The number of carbonyl (C=O) groups is 1. The Kier molecular flexibility index (Phi) is 5.28. The number of hydrogen-bond donors (Lipinski definition) is 1. The minimum atomic E-state index is -0.119. The van der Waals surface area contributed by atoms with Crippen LogP contribution >= 0.6 is 0 Å². The summed E-state index contributed by atoms with van der Waals surface area (Å²) in [6.07, 6.45) is 0.448. The lowest BCUT2D eigenvalue weighted by Crippen LogP contribution is -2.50. The summed E-state index contributed by atoms with van der Waals surface area (Å²) >= 11 is 0. The fourth-order valence-electron chi connectivity index (χ4n) is 3.21. The summed E-state index contributed by atoms with van der Waals surface area (Å²) < 4.78 is 0. The molecule has 0 bridgehead atoms. The predicted molar refractivity (Wildman–Crippen MR) is 96.3 cm³/mol. The number of rotatable bonds is 4. The van der Waals surface area contributed by atoms with Gasteiger partial charge in [0, 0.05) is 37.9 Å². The number of piperazine rings is 1. The van der Waals surface area contributed by atoms with E-state index in [9.17, 15) is 9.59 Å². The van der Waals surface area contributed by atoms with E-state index in [0.717, 1.165) is 24.3 Å². The zero-order valence-corrected chi connectivity index (χ0v) is 14.7. The highest BCUT2D eigenvalue weighted by molar-refractivity contribution is 5.78. The molecular weight excluding hydrogens is 316 g/mol. The SMILES string of the molecule is Cc1cc(=O)[nH]c(C(C)N2CCN(C(=O)Cc3ccccc3)CC2)n1. The van der Waals surface area contributed by atoms with E-state index in [0.29, 0.717) is 25.3 Å². The van der Waals surface area contributed by atoms with Gasteiger partial charge < -0.3 is 9.88 Å². The number of nitrogens with one attached hydrogen (secondary N) is 1. The van der Waals surface area contributed by atoms with Crippen LogP contribution in [-0.4, -0.2) is 51.9 Å². The molecule has 1 aromatic heterocycles. The van der Waals surface area contributed by atoms with Crippen molar-refractivity contribution in [3.05, 3.63) is 63.8 Å². The van der Waals surface area contributed by atoms with Crippen LogP contribution in [0.5, 0.6) is 0 Å². The summed E-state index contributed by atoms with van der Waals surface area (Å²) in [7, 11) is 0. The molecule has 0 radical (unpaired) electrons. The van der Waals surface area contributed by atoms with Gasteiger partial charge in [0.25, 0.3) is 5.56 Å². The first kappa shape index (κ1) is 17.4. The zero-order chi connectivity index (χ0) is 17.8. The maximum absolute atomic E-state index is 12.5. The second-order valence-electron chi connectivity index (χ2n) is 6.53. The Morgan fingerprint density at radius 1 is 1.20 bits per heavy atom. The van der Waals surface area contributed by atoms with E-state index in [2.05, 4.69) is 14.9 Å². The Morgan fingerprint density at radius 2 is 1.88 bits per heavy atom. The van der Waals surface area contributed by atoms with Crippen LogP contribution in [0, 0.1) is 6.92 Å². The van der Waals surface area contributed by atoms with Crippen molar-refractivity contribution in [1.29, 1.82) is 0 Å². The number of amides is 1. The van der Waals surface area contributed by atoms with Gasteiger partial charge in [0.05, 0.1) is 12.5 Å². The molecule has 6 nitrogen and oxygen atoms in total. The molecule has 1 atom stereocenters. The van der Waals surface area contributed by atoms with E-state index in [4.69, 9.17) is 0 Å². The first-order chi connectivity index (χ1) is 12.0. The molecule has 25 heavy (non-hydrogen) atoms. The number of benzene rings is 1. The van der Waals surface area contributed by atoms with Gasteiger partial charge in [-0.2, -0.15) is 0 Å². The van der Waals surface area contributed by atoms with Crippen molar-refractivity contribution in [2.24, 2.45) is 0 Å². The molecule has 0 aliphatic carbocycles. The second kappa shape index (κ2) is 7.61. The summed E-state index contributed by atoms with van der Waals surface area (Å²) in [6.45, 7) is 6.82. The molecule has 1 amide bonds. The third-order valence-corrected chi connectivity index (χ3v) is 4.70. The Balaban J connectivity index is 1.57. The van der Waals surface area contributed by atoms with Crippen LogP contribution in [0.15, 0.2) is 41.2 Å². The molecule has 0 saturated carbocycles. The molecule has 1 unspecified atom stereocenters. The average molecular weight is 340 g/mol. The lowest BCUT2D eigenvalue weighted by atomic mass is 10.1. The Morgan fingerprint density at radius 3 is 2.52 bits per heavy atom. The number of carbonyl (C=O) groups excluding carboxylic acids is 1. The second-order valence-corrected chi connectivity index (χ2v) is 6.53. The van der Waals surface area contributed by atoms with Crippen molar-refractivity contribution in [3.63, 3.8) is 0 Å². The Labute approximate surface area is 147 Å². The van der Waals surface area contributed by atoms with E-state index >= 15 is 0 Å². The first-order valence-electron chi connectivity index (χ1n) is 8.66. The van der Waals surface area contributed by atoms with Gasteiger partial charge in [0.15, 0.2) is 0 Å². The van der Waals surface area contributed by atoms with Crippen LogP contribution < -0.4 is 5.56 Å². The van der Waals surface area contributed by atoms with Gasteiger partial charge >= 0.3 is 0 Å². The highest BCUT2D eigenvalue weighted by Gasteiger charge is 2.25. The fourth-order valence-corrected chi connectivity index (χ4v) is 3.21. The molecule has 0 spiro atoms. The lowest BCUT2D eigenvalue weighted by Gasteiger charge is -2.37. The van der Waals surface area contributed by atoms with E-state index in [1.807, 2.05) is 49.1 Å². The smallest absolute Gasteiger partial charge is 0.251 e. The van der Waals surface area contributed by atoms with Crippen molar-refractivity contribution >= 4 is 5.91 Å². The quantitative estimate of drug-likeness (QED) is 0.916. The largest absolute Gasteiger partial charge is 0.340 e. The molecule has 2 heterocycles. The molecule has 1 aromatic carbocycles. The predicted octanol–water partition coefficient (Wildman–Crippen LogP) is 1.53. The van der Waals surface area contributed by atoms with Crippen LogP contribution in [0.2, 0.25) is 0 Å². The van der Waals surface area contributed by atoms with Gasteiger partial charge in [-0.25, -0.2) is 4.98 Å². The first-order valence-corrected chi connectivity index (χ1v) is 8.66. The van der Waals surface area contributed by atoms with Crippen LogP contribution in [-0.2, 0) is 11.2 Å². The number of H-pyrrole nitrogens is 1. The summed E-state index contributed by atoms with van der Waals surface area (Å²) in [5, 5.41) is 0. The summed E-state index contributed by atoms with van der Waals surface area (Å²) in [5.41, 5.74) is 1.65. The average Bonchev–Trinajstić information content (AvgIpc) is 2.61.